The van der Waals surface area contributed by atoms with Crippen molar-refractivity contribution in [3.05, 3.63) is 6.20 Å². The van der Waals surface area contributed by atoms with E-state index in [0.29, 0.717) is 22.9 Å². The third kappa shape index (κ3) is 3.48. The second-order valence-corrected chi connectivity index (χ2v) is 6.37. The van der Waals surface area contributed by atoms with Crippen molar-refractivity contribution in [1.82, 2.24) is 19.9 Å². The molecule has 1 aliphatic rings. The summed E-state index contributed by atoms with van der Waals surface area (Å²) < 4.78 is 0. The Morgan fingerprint density at radius 2 is 2.04 bits per heavy atom. The molecule has 0 amide bonds. The second kappa shape index (κ2) is 7.12. The first-order chi connectivity index (χ1) is 11.6. The van der Waals surface area contributed by atoms with E-state index in [1.807, 2.05) is 19.0 Å². The van der Waals surface area contributed by atoms with Gasteiger partial charge in [-0.15, -0.1) is 0 Å². The number of aliphatic hydroxyl groups excluding tert-OH is 1. The smallest absolute Gasteiger partial charge is 0.225 e. The SMILES string of the molecule is CCCNc1nc(N(C)C)c2nc(N[C@@H]3CCC[C@H]3O)ncc2n1. The minimum Gasteiger partial charge on any atom is -0.391 e. The summed E-state index contributed by atoms with van der Waals surface area (Å²) in [5, 5.41) is 16.4. The van der Waals surface area contributed by atoms with Crippen LogP contribution in [0.4, 0.5) is 17.7 Å². The van der Waals surface area contributed by atoms with Crippen LogP contribution in [0.1, 0.15) is 32.6 Å². The summed E-state index contributed by atoms with van der Waals surface area (Å²) in [6.45, 7) is 2.91. The van der Waals surface area contributed by atoms with Crippen LogP contribution in [0.25, 0.3) is 11.0 Å². The number of hydrogen-bond acceptors (Lipinski definition) is 8. The molecule has 0 spiro atoms. The molecule has 24 heavy (non-hydrogen) atoms. The van der Waals surface area contributed by atoms with Crippen molar-refractivity contribution in [1.29, 1.82) is 0 Å². The van der Waals surface area contributed by atoms with Gasteiger partial charge in [0.25, 0.3) is 0 Å². The highest BCUT2D eigenvalue weighted by Gasteiger charge is 2.26. The van der Waals surface area contributed by atoms with Gasteiger partial charge in [0.15, 0.2) is 5.82 Å². The summed E-state index contributed by atoms with van der Waals surface area (Å²) in [7, 11) is 3.86. The topological polar surface area (TPSA) is 99.1 Å². The fourth-order valence-electron chi connectivity index (χ4n) is 2.89. The lowest BCUT2D eigenvalue weighted by Crippen LogP contribution is -2.28. The number of nitrogens with zero attached hydrogens (tertiary/aromatic N) is 5. The summed E-state index contributed by atoms with van der Waals surface area (Å²) in [5.74, 6) is 1.84. The number of aromatic nitrogens is 4. The first-order valence-corrected chi connectivity index (χ1v) is 8.49. The van der Waals surface area contributed by atoms with Gasteiger partial charge in [-0.1, -0.05) is 6.92 Å². The molecule has 0 radical (unpaired) electrons. The molecular weight excluding hydrogens is 306 g/mol. The average molecular weight is 331 g/mol. The average Bonchev–Trinajstić information content (AvgIpc) is 2.97. The Balaban J connectivity index is 1.93. The molecule has 8 nitrogen and oxygen atoms in total. The lowest BCUT2D eigenvalue weighted by molar-refractivity contribution is 0.171. The van der Waals surface area contributed by atoms with Gasteiger partial charge < -0.3 is 20.6 Å². The van der Waals surface area contributed by atoms with E-state index in [1.54, 1.807) is 6.20 Å². The Hall–Kier alpha value is -2.22. The Morgan fingerprint density at radius 1 is 1.21 bits per heavy atom. The zero-order chi connectivity index (χ0) is 17.1. The lowest BCUT2D eigenvalue weighted by Gasteiger charge is -2.18. The number of hydrogen-bond donors (Lipinski definition) is 3. The fourth-order valence-corrected chi connectivity index (χ4v) is 2.89. The van der Waals surface area contributed by atoms with E-state index in [4.69, 9.17) is 0 Å². The molecule has 1 aliphatic carbocycles. The van der Waals surface area contributed by atoms with Crippen molar-refractivity contribution >= 4 is 28.7 Å². The predicted molar refractivity (Wildman–Crippen MR) is 95.5 cm³/mol. The molecule has 8 heteroatoms. The molecule has 0 saturated heterocycles. The van der Waals surface area contributed by atoms with Crippen molar-refractivity contribution < 1.29 is 5.11 Å². The van der Waals surface area contributed by atoms with Crippen LogP contribution in [-0.4, -0.2) is 57.8 Å². The van der Waals surface area contributed by atoms with Gasteiger partial charge >= 0.3 is 0 Å². The van der Waals surface area contributed by atoms with E-state index in [1.165, 1.54) is 0 Å². The van der Waals surface area contributed by atoms with Crippen molar-refractivity contribution in [3.8, 4) is 0 Å². The molecule has 130 valence electrons. The summed E-state index contributed by atoms with van der Waals surface area (Å²) in [6, 6.07) is 0.0108. The molecule has 0 aromatic carbocycles. The molecule has 0 bridgehead atoms. The quantitative estimate of drug-likeness (QED) is 0.734. The third-order valence-corrected chi connectivity index (χ3v) is 4.17. The molecule has 2 atom stereocenters. The van der Waals surface area contributed by atoms with Crippen LogP contribution < -0.4 is 15.5 Å². The first kappa shape index (κ1) is 16.6. The minimum absolute atomic E-state index is 0.0108. The van der Waals surface area contributed by atoms with Gasteiger partial charge in [0, 0.05) is 20.6 Å². The Kier molecular flexibility index (Phi) is 4.94. The molecule has 3 N–H and O–H groups in total. The molecule has 0 aliphatic heterocycles. The van der Waals surface area contributed by atoms with E-state index in [-0.39, 0.29) is 12.1 Å². The first-order valence-electron chi connectivity index (χ1n) is 8.49. The normalized spacial score (nSPS) is 20.3. The Labute approximate surface area is 141 Å². The molecule has 0 unspecified atom stereocenters. The molecule has 2 heterocycles. The monoisotopic (exact) mass is 331 g/mol. The largest absolute Gasteiger partial charge is 0.391 e. The zero-order valence-corrected chi connectivity index (χ0v) is 14.5. The van der Waals surface area contributed by atoms with Gasteiger partial charge in [0.05, 0.1) is 18.3 Å². The lowest BCUT2D eigenvalue weighted by atomic mass is 10.2. The standard InChI is InChI=1S/C16H25N7O/c1-4-8-17-15-20-11-9-18-16(19-10-6-5-7-12(10)24)21-13(11)14(22-15)23(2)3/h9-10,12,24H,4-8H2,1-3H3,(H,17,20,22)(H,18,19,21)/t10-,12-/m1/s1. The molecule has 2 aromatic heterocycles. The van der Waals surface area contributed by atoms with Crippen molar-refractivity contribution in [2.24, 2.45) is 0 Å². The van der Waals surface area contributed by atoms with Gasteiger partial charge in [-0.2, -0.15) is 4.98 Å². The molecule has 1 saturated carbocycles. The number of rotatable bonds is 6. The zero-order valence-electron chi connectivity index (χ0n) is 14.5. The summed E-state index contributed by atoms with van der Waals surface area (Å²) in [5.41, 5.74) is 1.40. The highest BCUT2D eigenvalue weighted by atomic mass is 16.3. The molecule has 3 rings (SSSR count). The maximum atomic E-state index is 9.97. The van der Waals surface area contributed by atoms with E-state index >= 15 is 0 Å². The molecular formula is C16H25N7O. The van der Waals surface area contributed by atoms with Gasteiger partial charge in [-0.25, -0.2) is 15.0 Å². The van der Waals surface area contributed by atoms with E-state index in [9.17, 15) is 5.11 Å². The Bertz CT molecular complexity index is 706. The van der Waals surface area contributed by atoms with Gasteiger partial charge in [-0.3, -0.25) is 0 Å². The third-order valence-electron chi connectivity index (χ3n) is 4.17. The number of nitrogens with one attached hydrogen (secondary N) is 2. The fraction of sp³-hybridized carbons (Fsp3) is 0.625. The van der Waals surface area contributed by atoms with Crippen LogP contribution in [0.2, 0.25) is 0 Å². The molecule has 1 fully saturated rings. The van der Waals surface area contributed by atoms with Crippen LogP contribution in [0.15, 0.2) is 6.20 Å². The highest BCUT2D eigenvalue weighted by molar-refractivity contribution is 5.86. The van der Waals surface area contributed by atoms with Crippen LogP contribution in [0.5, 0.6) is 0 Å². The van der Waals surface area contributed by atoms with Crippen LogP contribution in [0, 0.1) is 0 Å². The summed E-state index contributed by atoms with van der Waals surface area (Å²) in [4.78, 5) is 19.9. The highest BCUT2D eigenvalue weighted by Crippen LogP contribution is 2.25. The van der Waals surface area contributed by atoms with Crippen molar-refractivity contribution in [2.45, 2.75) is 44.8 Å². The van der Waals surface area contributed by atoms with E-state index < -0.39 is 0 Å². The van der Waals surface area contributed by atoms with Crippen molar-refractivity contribution in [2.75, 3.05) is 36.2 Å². The molecule has 2 aromatic rings. The number of anilines is 3. The summed E-state index contributed by atoms with van der Waals surface area (Å²) in [6.07, 6.45) is 5.14. The van der Waals surface area contributed by atoms with Crippen LogP contribution in [-0.2, 0) is 0 Å². The van der Waals surface area contributed by atoms with E-state index in [0.717, 1.165) is 38.0 Å². The van der Waals surface area contributed by atoms with Gasteiger partial charge in [-0.05, 0) is 25.7 Å². The maximum absolute atomic E-state index is 9.97. The van der Waals surface area contributed by atoms with Crippen molar-refractivity contribution in [3.63, 3.8) is 0 Å². The van der Waals surface area contributed by atoms with Gasteiger partial charge in [0.2, 0.25) is 11.9 Å². The minimum atomic E-state index is -0.338. The summed E-state index contributed by atoms with van der Waals surface area (Å²) >= 11 is 0. The van der Waals surface area contributed by atoms with Crippen LogP contribution in [0.3, 0.4) is 0 Å². The Morgan fingerprint density at radius 3 is 2.71 bits per heavy atom. The number of aliphatic hydroxyl groups is 1. The number of fused-ring (bicyclic) bond motifs is 1. The predicted octanol–water partition coefficient (Wildman–Crippen LogP) is 1.63. The second-order valence-electron chi connectivity index (χ2n) is 6.37. The van der Waals surface area contributed by atoms with Crippen LogP contribution >= 0.6 is 0 Å². The van der Waals surface area contributed by atoms with Gasteiger partial charge in [0.1, 0.15) is 11.0 Å². The maximum Gasteiger partial charge on any atom is 0.225 e. The van der Waals surface area contributed by atoms with E-state index in [2.05, 4.69) is 37.5 Å².